The molecule has 184 valence electrons. The van der Waals surface area contributed by atoms with Crippen molar-refractivity contribution in [2.45, 2.75) is 25.4 Å². The number of carboxylic acid groups (broad SMARTS) is 1. The molecule has 1 aromatic heterocycles. The maximum Gasteiger partial charge on any atom is 0.326 e. The molecule has 0 unspecified atom stereocenters. The SMILES string of the molecule is O=C(NCc1ccccc1)N[C@@H](Cc1ccc(OCCc2coc(-c3ccccc3)n2)cc1)C(=O)O. The average Bonchev–Trinajstić information content (AvgIpc) is 3.38. The van der Waals surface area contributed by atoms with Crippen LogP contribution in [0, 0.1) is 0 Å². The Morgan fingerprint density at radius 1 is 0.917 bits per heavy atom. The van der Waals surface area contributed by atoms with Crippen LogP contribution in [0.2, 0.25) is 0 Å². The van der Waals surface area contributed by atoms with E-state index >= 15 is 0 Å². The van der Waals surface area contributed by atoms with Gasteiger partial charge in [0.15, 0.2) is 0 Å². The van der Waals surface area contributed by atoms with Crippen molar-refractivity contribution < 1.29 is 23.8 Å². The minimum Gasteiger partial charge on any atom is -0.493 e. The van der Waals surface area contributed by atoms with Gasteiger partial charge in [-0.25, -0.2) is 14.6 Å². The Bertz CT molecular complexity index is 1260. The quantitative estimate of drug-likeness (QED) is 0.289. The monoisotopic (exact) mass is 485 g/mol. The molecule has 2 amide bonds. The molecule has 3 aromatic carbocycles. The van der Waals surface area contributed by atoms with Crippen molar-refractivity contribution in [1.82, 2.24) is 15.6 Å². The van der Waals surface area contributed by atoms with Crippen molar-refractivity contribution in [1.29, 1.82) is 0 Å². The summed E-state index contributed by atoms with van der Waals surface area (Å²) in [5.74, 6) is 0.129. The number of aromatic nitrogens is 1. The van der Waals surface area contributed by atoms with Gasteiger partial charge in [0, 0.05) is 24.9 Å². The second kappa shape index (κ2) is 12.2. The third-order valence-corrected chi connectivity index (χ3v) is 5.46. The van der Waals surface area contributed by atoms with E-state index in [0.717, 1.165) is 22.4 Å². The molecule has 0 bridgehead atoms. The first-order chi connectivity index (χ1) is 17.6. The van der Waals surface area contributed by atoms with E-state index in [1.807, 2.05) is 60.7 Å². The lowest BCUT2D eigenvalue weighted by Gasteiger charge is -2.16. The standard InChI is InChI=1S/C28H27N3O5/c32-27(33)25(31-28(34)29-18-21-7-3-1-4-8-21)17-20-11-13-24(14-12-20)35-16-15-23-19-36-26(30-23)22-9-5-2-6-10-22/h1-14,19,25H,15-18H2,(H,32,33)(H2,29,31,34)/t25-/m0/s1. The van der Waals surface area contributed by atoms with Gasteiger partial charge in [0.05, 0.1) is 12.3 Å². The number of carbonyl (C=O) groups is 2. The van der Waals surface area contributed by atoms with Crippen LogP contribution in [0.1, 0.15) is 16.8 Å². The van der Waals surface area contributed by atoms with Crippen LogP contribution in [0.3, 0.4) is 0 Å². The maximum absolute atomic E-state index is 12.2. The molecule has 8 heteroatoms. The molecular formula is C28H27N3O5. The molecule has 0 saturated carbocycles. The number of nitrogens with zero attached hydrogens (tertiary/aromatic N) is 1. The van der Waals surface area contributed by atoms with Crippen molar-refractivity contribution in [3.05, 3.63) is 108 Å². The molecule has 8 nitrogen and oxygen atoms in total. The van der Waals surface area contributed by atoms with E-state index in [4.69, 9.17) is 9.15 Å². The summed E-state index contributed by atoms with van der Waals surface area (Å²) in [5.41, 5.74) is 3.41. The molecule has 0 aliphatic carbocycles. The van der Waals surface area contributed by atoms with Crippen LogP contribution in [0.5, 0.6) is 5.75 Å². The number of ether oxygens (including phenoxy) is 1. The van der Waals surface area contributed by atoms with Crippen molar-refractivity contribution in [2.24, 2.45) is 0 Å². The summed E-state index contributed by atoms with van der Waals surface area (Å²) in [6.07, 6.45) is 2.36. The van der Waals surface area contributed by atoms with E-state index in [-0.39, 0.29) is 6.42 Å². The zero-order chi connectivity index (χ0) is 25.2. The van der Waals surface area contributed by atoms with Crippen LogP contribution in [0.15, 0.2) is 95.6 Å². The Morgan fingerprint density at radius 3 is 2.31 bits per heavy atom. The summed E-state index contributed by atoms with van der Waals surface area (Å²) in [6, 6.07) is 24.6. The Kier molecular flexibility index (Phi) is 8.32. The first-order valence-corrected chi connectivity index (χ1v) is 11.6. The van der Waals surface area contributed by atoms with Gasteiger partial charge in [-0.2, -0.15) is 0 Å². The zero-order valence-corrected chi connectivity index (χ0v) is 19.6. The lowest BCUT2D eigenvalue weighted by atomic mass is 10.1. The molecule has 0 radical (unpaired) electrons. The second-order valence-corrected chi connectivity index (χ2v) is 8.16. The number of urea groups is 1. The number of nitrogens with one attached hydrogen (secondary N) is 2. The van der Waals surface area contributed by atoms with E-state index in [2.05, 4.69) is 15.6 Å². The molecule has 0 spiro atoms. The molecule has 0 aliphatic heterocycles. The number of carbonyl (C=O) groups excluding carboxylic acids is 1. The highest BCUT2D eigenvalue weighted by molar-refractivity contribution is 5.82. The predicted molar refractivity (Wildman–Crippen MR) is 135 cm³/mol. The Morgan fingerprint density at radius 2 is 1.61 bits per heavy atom. The first kappa shape index (κ1) is 24.5. The molecule has 3 N–H and O–H groups in total. The summed E-state index contributed by atoms with van der Waals surface area (Å²) in [6.45, 7) is 0.730. The number of amides is 2. The molecule has 0 aliphatic rings. The molecular weight excluding hydrogens is 458 g/mol. The van der Waals surface area contributed by atoms with Gasteiger partial charge in [-0.05, 0) is 35.4 Å². The summed E-state index contributed by atoms with van der Waals surface area (Å²) < 4.78 is 11.3. The summed E-state index contributed by atoms with van der Waals surface area (Å²) >= 11 is 0. The van der Waals surface area contributed by atoms with Gasteiger partial charge < -0.3 is 24.9 Å². The molecule has 0 saturated heterocycles. The summed E-state index contributed by atoms with van der Waals surface area (Å²) in [7, 11) is 0. The van der Waals surface area contributed by atoms with Gasteiger partial charge in [0.1, 0.15) is 18.1 Å². The summed E-state index contributed by atoms with van der Waals surface area (Å²) in [4.78, 5) is 28.3. The zero-order valence-electron chi connectivity index (χ0n) is 19.6. The largest absolute Gasteiger partial charge is 0.493 e. The third kappa shape index (κ3) is 7.20. The first-order valence-electron chi connectivity index (χ1n) is 11.6. The smallest absolute Gasteiger partial charge is 0.326 e. The molecule has 1 atom stereocenters. The lowest BCUT2D eigenvalue weighted by Crippen LogP contribution is -2.46. The van der Waals surface area contributed by atoms with Crippen molar-refractivity contribution >= 4 is 12.0 Å². The fourth-order valence-corrected chi connectivity index (χ4v) is 3.55. The van der Waals surface area contributed by atoms with Crippen LogP contribution in [0.25, 0.3) is 11.5 Å². The van der Waals surface area contributed by atoms with Gasteiger partial charge in [0.2, 0.25) is 5.89 Å². The maximum atomic E-state index is 12.2. The van der Waals surface area contributed by atoms with E-state index in [9.17, 15) is 14.7 Å². The molecule has 36 heavy (non-hydrogen) atoms. The van der Waals surface area contributed by atoms with Crippen molar-refractivity contribution in [2.75, 3.05) is 6.61 Å². The van der Waals surface area contributed by atoms with E-state index in [1.165, 1.54) is 0 Å². The number of hydrogen-bond donors (Lipinski definition) is 3. The minimum absolute atomic E-state index is 0.148. The summed E-state index contributed by atoms with van der Waals surface area (Å²) in [5, 5.41) is 14.7. The number of aliphatic carboxylic acids is 1. The normalized spacial score (nSPS) is 11.4. The lowest BCUT2D eigenvalue weighted by molar-refractivity contribution is -0.139. The Balaban J connectivity index is 1.23. The highest BCUT2D eigenvalue weighted by Gasteiger charge is 2.20. The van der Waals surface area contributed by atoms with Gasteiger partial charge in [-0.1, -0.05) is 60.7 Å². The van der Waals surface area contributed by atoms with Crippen molar-refractivity contribution in [3.8, 4) is 17.2 Å². The molecule has 4 rings (SSSR count). The van der Waals surface area contributed by atoms with Gasteiger partial charge in [-0.15, -0.1) is 0 Å². The van der Waals surface area contributed by atoms with E-state index in [1.54, 1.807) is 30.5 Å². The highest BCUT2D eigenvalue weighted by atomic mass is 16.5. The van der Waals surface area contributed by atoms with Gasteiger partial charge in [-0.3, -0.25) is 0 Å². The van der Waals surface area contributed by atoms with Crippen LogP contribution in [0.4, 0.5) is 4.79 Å². The second-order valence-electron chi connectivity index (χ2n) is 8.16. The van der Waals surface area contributed by atoms with E-state index < -0.39 is 18.0 Å². The highest BCUT2D eigenvalue weighted by Crippen LogP contribution is 2.19. The number of carboxylic acids is 1. The van der Waals surface area contributed by atoms with Crippen molar-refractivity contribution in [3.63, 3.8) is 0 Å². The van der Waals surface area contributed by atoms with Gasteiger partial charge >= 0.3 is 12.0 Å². The average molecular weight is 486 g/mol. The topological polar surface area (TPSA) is 114 Å². The fraction of sp³-hybridized carbons (Fsp3) is 0.179. The predicted octanol–water partition coefficient (Wildman–Crippen LogP) is 4.46. The number of benzene rings is 3. The number of oxazole rings is 1. The van der Waals surface area contributed by atoms with Crippen LogP contribution in [-0.2, 0) is 24.2 Å². The fourth-order valence-electron chi connectivity index (χ4n) is 3.55. The Labute approximate surface area is 209 Å². The Hall–Kier alpha value is -4.59. The number of rotatable bonds is 11. The molecule has 4 aromatic rings. The molecule has 0 fully saturated rings. The minimum atomic E-state index is -1.10. The third-order valence-electron chi connectivity index (χ3n) is 5.46. The van der Waals surface area contributed by atoms with Crippen LogP contribution >= 0.6 is 0 Å². The van der Waals surface area contributed by atoms with E-state index in [0.29, 0.717) is 31.2 Å². The van der Waals surface area contributed by atoms with Crippen LogP contribution in [-0.4, -0.2) is 34.7 Å². The number of hydrogen-bond acceptors (Lipinski definition) is 5. The van der Waals surface area contributed by atoms with Gasteiger partial charge in [0.25, 0.3) is 0 Å². The van der Waals surface area contributed by atoms with Crippen LogP contribution < -0.4 is 15.4 Å². The molecule has 1 heterocycles.